The Morgan fingerprint density at radius 1 is 1.41 bits per heavy atom. The van der Waals surface area contributed by atoms with Crippen molar-refractivity contribution >= 4 is 46.3 Å². The number of nitrogens with zero attached hydrogens (tertiary/aromatic N) is 1. The van der Waals surface area contributed by atoms with Gasteiger partial charge in [-0.25, -0.2) is 4.79 Å². The monoisotopic (exact) mass is 333 g/mol. The van der Waals surface area contributed by atoms with Crippen LogP contribution in [-0.4, -0.2) is 32.2 Å². The molecule has 1 atom stereocenters. The second kappa shape index (κ2) is 7.38. The van der Waals surface area contributed by atoms with Gasteiger partial charge in [-0.05, 0) is 18.1 Å². The molecular weight excluding hydrogens is 318 g/mol. The summed E-state index contributed by atoms with van der Waals surface area (Å²) in [6.45, 7) is 1.72. The van der Waals surface area contributed by atoms with Gasteiger partial charge in [0.2, 0.25) is 0 Å². The molecule has 1 N–H and O–H groups in total. The molecule has 4 nitrogen and oxygen atoms in total. The fourth-order valence-electron chi connectivity index (χ4n) is 2.04. The minimum Gasteiger partial charge on any atom is -0.480 e. The van der Waals surface area contributed by atoms with Crippen LogP contribution in [0.1, 0.15) is 18.9 Å². The minimum absolute atomic E-state index is 0.290. The van der Waals surface area contributed by atoms with Crippen molar-refractivity contribution in [2.24, 2.45) is 0 Å². The van der Waals surface area contributed by atoms with Crippen molar-refractivity contribution in [2.75, 3.05) is 0 Å². The molecule has 1 saturated heterocycles. The number of aliphatic carboxylic acids is 1. The van der Waals surface area contributed by atoms with Crippen LogP contribution in [0.3, 0.4) is 0 Å². The normalized spacial score (nSPS) is 18.4. The lowest BCUT2D eigenvalue weighted by Gasteiger charge is -2.21. The first-order valence-corrected chi connectivity index (χ1v) is 7.98. The Kier molecular flexibility index (Phi) is 5.51. The van der Waals surface area contributed by atoms with E-state index in [9.17, 15) is 14.7 Å². The zero-order valence-corrected chi connectivity index (χ0v) is 13.6. The van der Waals surface area contributed by atoms with Gasteiger partial charge in [-0.15, -0.1) is 0 Å². The summed E-state index contributed by atoms with van der Waals surface area (Å²) in [5.41, 5.74) is 1.02. The highest BCUT2D eigenvalue weighted by atomic mass is 32.2. The molecule has 1 fully saturated rings. The number of carboxylic acids is 1. The molecule has 1 heterocycles. The number of thiocarbonyl (C=S) groups is 1. The van der Waals surface area contributed by atoms with E-state index in [1.807, 2.05) is 36.4 Å². The van der Waals surface area contributed by atoms with Gasteiger partial charge in [-0.1, -0.05) is 73.4 Å². The van der Waals surface area contributed by atoms with Gasteiger partial charge in [-0.3, -0.25) is 9.69 Å². The quantitative estimate of drug-likeness (QED) is 0.662. The molecule has 114 valence electrons. The summed E-state index contributed by atoms with van der Waals surface area (Å²) in [6.07, 6.45) is 5.63. The number of thioether (sulfide) groups is 1. The highest BCUT2D eigenvalue weighted by molar-refractivity contribution is 8.26. The summed E-state index contributed by atoms with van der Waals surface area (Å²) in [7, 11) is 0. The summed E-state index contributed by atoms with van der Waals surface area (Å²) in [5, 5.41) is 9.18. The van der Waals surface area contributed by atoms with Crippen LogP contribution in [0.5, 0.6) is 0 Å². The molecule has 1 unspecified atom stereocenters. The number of carbonyl (C=O) groups excluding carboxylic acids is 1. The van der Waals surface area contributed by atoms with Crippen molar-refractivity contribution in [3.05, 3.63) is 53.0 Å². The van der Waals surface area contributed by atoms with E-state index in [0.717, 1.165) is 17.3 Å². The van der Waals surface area contributed by atoms with Crippen LogP contribution < -0.4 is 0 Å². The molecule has 1 aromatic rings. The summed E-state index contributed by atoms with van der Waals surface area (Å²) < 4.78 is 0.290. The lowest BCUT2D eigenvalue weighted by molar-refractivity contribution is -0.145. The largest absolute Gasteiger partial charge is 0.480 e. The first-order chi connectivity index (χ1) is 10.5. The molecule has 1 aromatic carbocycles. The van der Waals surface area contributed by atoms with E-state index in [1.54, 1.807) is 19.1 Å². The van der Waals surface area contributed by atoms with Gasteiger partial charge in [0.25, 0.3) is 5.91 Å². The van der Waals surface area contributed by atoms with Crippen LogP contribution in [0.15, 0.2) is 47.4 Å². The van der Waals surface area contributed by atoms with E-state index in [2.05, 4.69) is 0 Å². The SMILES string of the molecule is CCC(C(=O)O)N1C(=O)/C(=C/C=C/c2ccccc2)SC1=S. The van der Waals surface area contributed by atoms with E-state index in [1.165, 1.54) is 4.90 Å². The zero-order valence-electron chi connectivity index (χ0n) is 11.9. The molecule has 1 amide bonds. The third-order valence-electron chi connectivity index (χ3n) is 3.14. The van der Waals surface area contributed by atoms with Crippen LogP contribution in [0.25, 0.3) is 6.08 Å². The van der Waals surface area contributed by atoms with E-state index in [0.29, 0.717) is 15.6 Å². The Morgan fingerprint density at radius 3 is 2.68 bits per heavy atom. The molecule has 0 spiro atoms. The van der Waals surface area contributed by atoms with Crippen molar-refractivity contribution in [1.29, 1.82) is 0 Å². The van der Waals surface area contributed by atoms with Gasteiger partial charge >= 0.3 is 5.97 Å². The fourth-order valence-corrected chi connectivity index (χ4v) is 3.35. The standard InChI is InChI=1S/C16H15NO3S2/c1-2-12(15(19)20)17-14(18)13(22-16(17)21)10-6-9-11-7-4-3-5-8-11/h3-10,12H,2H2,1H3,(H,19,20)/b9-6+,13-10-. The van der Waals surface area contributed by atoms with Gasteiger partial charge in [0, 0.05) is 0 Å². The van der Waals surface area contributed by atoms with E-state index in [-0.39, 0.29) is 5.91 Å². The molecule has 0 saturated carbocycles. The summed E-state index contributed by atoms with van der Waals surface area (Å²) >= 11 is 6.27. The van der Waals surface area contributed by atoms with Crippen LogP contribution in [0.4, 0.5) is 0 Å². The predicted molar refractivity (Wildman–Crippen MR) is 92.3 cm³/mol. The van der Waals surface area contributed by atoms with Crippen LogP contribution >= 0.6 is 24.0 Å². The Balaban J connectivity index is 2.16. The highest BCUT2D eigenvalue weighted by Crippen LogP contribution is 2.33. The lowest BCUT2D eigenvalue weighted by Crippen LogP contribution is -2.43. The van der Waals surface area contributed by atoms with Crippen molar-refractivity contribution < 1.29 is 14.7 Å². The second-order valence-corrected chi connectivity index (χ2v) is 6.28. The Morgan fingerprint density at radius 2 is 2.09 bits per heavy atom. The molecule has 1 aliphatic rings. The topological polar surface area (TPSA) is 57.6 Å². The molecule has 1 aliphatic heterocycles. The average molecular weight is 333 g/mol. The highest BCUT2D eigenvalue weighted by Gasteiger charge is 2.39. The van der Waals surface area contributed by atoms with Crippen LogP contribution in [0, 0.1) is 0 Å². The summed E-state index contributed by atoms with van der Waals surface area (Å²) in [5.74, 6) is -1.39. The van der Waals surface area contributed by atoms with E-state index < -0.39 is 12.0 Å². The van der Waals surface area contributed by atoms with Gasteiger partial charge in [0.1, 0.15) is 10.4 Å². The van der Waals surface area contributed by atoms with Crippen molar-refractivity contribution in [3.63, 3.8) is 0 Å². The Hall–Kier alpha value is -1.92. The Bertz CT molecular complexity index is 653. The number of amides is 1. The number of carbonyl (C=O) groups is 2. The molecule has 0 aliphatic carbocycles. The van der Waals surface area contributed by atoms with Crippen LogP contribution in [0.2, 0.25) is 0 Å². The van der Waals surface area contributed by atoms with Gasteiger partial charge in [-0.2, -0.15) is 0 Å². The molecule has 22 heavy (non-hydrogen) atoms. The lowest BCUT2D eigenvalue weighted by atomic mass is 10.2. The molecule has 6 heteroatoms. The van der Waals surface area contributed by atoms with Gasteiger partial charge in [0.05, 0.1) is 4.91 Å². The average Bonchev–Trinajstić information content (AvgIpc) is 2.77. The van der Waals surface area contributed by atoms with Gasteiger partial charge < -0.3 is 5.11 Å². The van der Waals surface area contributed by atoms with Gasteiger partial charge in [0.15, 0.2) is 0 Å². The first-order valence-electron chi connectivity index (χ1n) is 6.76. The third-order valence-corrected chi connectivity index (χ3v) is 4.49. The number of carboxylic acid groups (broad SMARTS) is 1. The molecule has 2 rings (SSSR count). The van der Waals surface area contributed by atoms with Crippen molar-refractivity contribution in [2.45, 2.75) is 19.4 Å². The third kappa shape index (κ3) is 3.64. The van der Waals surface area contributed by atoms with E-state index >= 15 is 0 Å². The molecular formula is C16H15NO3S2. The fraction of sp³-hybridized carbons (Fsp3) is 0.188. The number of allylic oxidation sites excluding steroid dienone is 2. The summed E-state index contributed by atoms with van der Waals surface area (Å²) in [6, 6.07) is 8.78. The maximum Gasteiger partial charge on any atom is 0.326 e. The van der Waals surface area contributed by atoms with E-state index in [4.69, 9.17) is 12.2 Å². The summed E-state index contributed by atoms with van der Waals surface area (Å²) in [4.78, 5) is 25.2. The number of benzene rings is 1. The number of hydrogen-bond donors (Lipinski definition) is 1. The minimum atomic E-state index is -1.04. The maximum atomic E-state index is 12.3. The smallest absolute Gasteiger partial charge is 0.326 e. The first kappa shape index (κ1) is 16.5. The maximum absolute atomic E-state index is 12.3. The zero-order chi connectivity index (χ0) is 16.1. The van der Waals surface area contributed by atoms with Crippen molar-refractivity contribution in [1.82, 2.24) is 4.90 Å². The van der Waals surface area contributed by atoms with Crippen molar-refractivity contribution in [3.8, 4) is 0 Å². The molecule has 0 aromatic heterocycles. The van der Waals surface area contributed by atoms with Crippen LogP contribution in [-0.2, 0) is 9.59 Å². The second-order valence-electron chi connectivity index (χ2n) is 4.61. The Labute approximate surface area is 138 Å². The molecule has 0 radical (unpaired) electrons. The number of hydrogen-bond acceptors (Lipinski definition) is 4. The molecule has 0 bridgehead atoms. The predicted octanol–water partition coefficient (Wildman–Crippen LogP) is 3.31. The number of rotatable bonds is 5.